The number of anilines is 1. The van der Waals surface area contributed by atoms with Crippen molar-refractivity contribution in [2.24, 2.45) is 0 Å². The van der Waals surface area contributed by atoms with Gasteiger partial charge in [-0.3, -0.25) is 4.79 Å². The van der Waals surface area contributed by atoms with Crippen LogP contribution in [0, 0.1) is 6.92 Å². The second-order valence-corrected chi connectivity index (χ2v) is 5.56. The highest BCUT2D eigenvalue weighted by Gasteiger charge is 2.16. The number of aromatic nitrogens is 1. The molecular formula is C11H17N3O3S. The molecule has 1 aromatic heterocycles. The Bertz CT molecular complexity index is 437. The molecule has 0 saturated carbocycles. The first kappa shape index (κ1) is 14.4. The van der Waals surface area contributed by atoms with Crippen LogP contribution in [0.4, 0.5) is 9.93 Å². The number of hydrogen-bond donors (Lipinski definition) is 2. The number of carbonyl (C=O) groups is 2. The SMILES string of the molecule is Cc1csc(NC(=O)CNC(=O)OC(C)(C)C)n1. The molecule has 0 aromatic carbocycles. The fraction of sp³-hybridized carbons (Fsp3) is 0.545. The predicted octanol–water partition coefficient (Wildman–Crippen LogP) is 1.91. The van der Waals surface area contributed by atoms with Crippen molar-refractivity contribution >= 4 is 28.5 Å². The Morgan fingerprint density at radius 3 is 2.61 bits per heavy atom. The van der Waals surface area contributed by atoms with Crippen molar-refractivity contribution in [3.8, 4) is 0 Å². The summed E-state index contributed by atoms with van der Waals surface area (Å²) in [5, 5.41) is 7.30. The Labute approximate surface area is 110 Å². The van der Waals surface area contributed by atoms with Crippen molar-refractivity contribution in [2.75, 3.05) is 11.9 Å². The topological polar surface area (TPSA) is 80.3 Å². The minimum Gasteiger partial charge on any atom is -0.444 e. The van der Waals surface area contributed by atoms with Crippen molar-refractivity contribution in [1.29, 1.82) is 0 Å². The lowest BCUT2D eigenvalue weighted by molar-refractivity contribution is -0.115. The average molecular weight is 271 g/mol. The number of ether oxygens (including phenoxy) is 1. The van der Waals surface area contributed by atoms with E-state index in [2.05, 4.69) is 15.6 Å². The van der Waals surface area contributed by atoms with E-state index >= 15 is 0 Å². The fourth-order valence-electron chi connectivity index (χ4n) is 1.04. The zero-order valence-corrected chi connectivity index (χ0v) is 11.7. The van der Waals surface area contributed by atoms with E-state index in [9.17, 15) is 9.59 Å². The lowest BCUT2D eigenvalue weighted by atomic mass is 10.2. The predicted molar refractivity (Wildman–Crippen MR) is 69.7 cm³/mol. The van der Waals surface area contributed by atoms with Crippen molar-refractivity contribution in [2.45, 2.75) is 33.3 Å². The second-order valence-electron chi connectivity index (χ2n) is 4.70. The van der Waals surface area contributed by atoms with Crippen molar-refractivity contribution < 1.29 is 14.3 Å². The summed E-state index contributed by atoms with van der Waals surface area (Å²) in [5.74, 6) is -0.338. The molecule has 0 bridgehead atoms. The molecule has 0 aliphatic heterocycles. The maximum Gasteiger partial charge on any atom is 0.408 e. The highest BCUT2D eigenvalue weighted by atomic mass is 32.1. The van der Waals surface area contributed by atoms with Gasteiger partial charge in [0.15, 0.2) is 5.13 Å². The van der Waals surface area contributed by atoms with Crippen LogP contribution < -0.4 is 10.6 Å². The van der Waals surface area contributed by atoms with Crippen LogP contribution in [0.3, 0.4) is 0 Å². The molecule has 1 rings (SSSR count). The van der Waals surface area contributed by atoms with Crippen LogP contribution in [0.25, 0.3) is 0 Å². The normalized spacial score (nSPS) is 10.9. The molecule has 7 heteroatoms. The zero-order chi connectivity index (χ0) is 13.8. The van der Waals surface area contributed by atoms with Gasteiger partial charge in [-0.05, 0) is 27.7 Å². The van der Waals surface area contributed by atoms with Crippen LogP contribution in [-0.2, 0) is 9.53 Å². The first-order valence-corrected chi connectivity index (χ1v) is 6.33. The number of thiazole rings is 1. The van der Waals surface area contributed by atoms with Gasteiger partial charge in [-0.25, -0.2) is 9.78 Å². The van der Waals surface area contributed by atoms with Gasteiger partial charge in [-0.15, -0.1) is 11.3 Å². The molecule has 2 amide bonds. The minimum absolute atomic E-state index is 0.145. The Morgan fingerprint density at radius 1 is 1.44 bits per heavy atom. The summed E-state index contributed by atoms with van der Waals surface area (Å²) < 4.78 is 5.00. The number of amides is 2. The molecule has 6 nitrogen and oxygen atoms in total. The number of aryl methyl sites for hydroxylation is 1. The van der Waals surface area contributed by atoms with Gasteiger partial charge >= 0.3 is 6.09 Å². The third-order valence-electron chi connectivity index (χ3n) is 1.66. The highest BCUT2D eigenvalue weighted by molar-refractivity contribution is 7.13. The van der Waals surface area contributed by atoms with Gasteiger partial charge in [-0.2, -0.15) is 0 Å². The van der Waals surface area contributed by atoms with Crippen LogP contribution in [0.15, 0.2) is 5.38 Å². The molecule has 0 atom stereocenters. The number of rotatable bonds is 3. The molecule has 0 fully saturated rings. The Kier molecular flexibility index (Phi) is 4.66. The van der Waals surface area contributed by atoms with Crippen LogP contribution >= 0.6 is 11.3 Å². The van der Waals surface area contributed by atoms with Crippen molar-refractivity contribution in [1.82, 2.24) is 10.3 Å². The summed E-state index contributed by atoms with van der Waals surface area (Å²) in [4.78, 5) is 26.9. The minimum atomic E-state index is -0.618. The molecule has 0 radical (unpaired) electrons. The molecule has 0 aliphatic rings. The maximum absolute atomic E-state index is 11.5. The highest BCUT2D eigenvalue weighted by Crippen LogP contribution is 2.13. The third-order valence-corrected chi connectivity index (χ3v) is 2.53. The van der Waals surface area contributed by atoms with Gasteiger partial charge in [0.25, 0.3) is 0 Å². The quantitative estimate of drug-likeness (QED) is 0.880. The fourth-order valence-corrected chi connectivity index (χ4v) is 1.75. The summed E-state index contributed by atoms with van der Waals surface area (Å²) >= 11 is 1.34. The summed E-state index contributed by atoms with van der Waals surface area (Å²) in [5.41, 5.74) is 0.267. The zero-order valence-electron chi connectivity index (χ0n) is 10.9. The lowest BCUT2D eigenvalue weighted by Gasteiger charge is -2.19. The second kappa shape index (κ2) is 5.81. The van der Waals surface area contributed by atoms with Gasteiger partial charge in [0.05, 0.1) is 5.69 Å². The standard InChI is InChI=1S/C11H17N3O3S/c1-7-6-18-9(13-7)14-8(15)5-12-10(16)17-11(2,3)4/h6H,5H2,1-4H3,(H,12,16)(H,13,14,15). The Hall–Kier alpha value is -1.63. The van der Waals surface area contributed by atoms with Gasteiger partial charge in [0.1, 0.15) is 12.1 Å². The van der Waals surface area contributed by atoms with Gasteiger partial charge in [-0.1, -0.05) is 0 Å². The molecular weight excluding hydrogens is 254 g/mol. The first-order chi connectivity index (χ1) is 8.26. The molecule has 0 aliphatic carbocycles. The summed E-state index contributed by atoms with van der Waals surface area (Å²) in [6.45, 7) is 6.96. The van der Waals surface area contributed by atoms with E-state index in [4.69, 9.17) is 4.74 Å². The van der Waals surface area contributed by atoms with Crippen molar-refractivity contribution in [3.05, 3.63) is 11.1 Å². The van der Waals surface area contributed by atoms with Gasteiger partial charge in [0.2, 0.25) is 5.91 Å². The Morgan fingerprint density at radius 2 is 2.11 bits per heavy atom. The summed E-state index contributed by atoms with van der Waals surface area (Å²) in [7, 11) is 0. The number of carbonyl (C=O) groups excluding carboxylic acids is 2. The largest absolute Gasteiger partial charge is 0.444 e. The smallest absolute Gasteiger partial charge is 0.408 e. The van der Waals surface area contributed by atoms with Crippen LogP contribution in [0.1, 0.15) is 26.5 Å². The molecule has 1 aromatic rings. The molecule has 0 unspecified atom stereocenters. The van der Waals surface area contributed by atoms with E-state index in [1.54, 1.807) is 20.8 Å². The average Bonchev–Trinajstić information content (AvgIpc) is 2.58. The monoisotopic (exact) mass is 271 g/mol. The number of hydrogen-bond acceptors (Lipinski definition) is 5. The molecule has 2 N–H and O–H groups in total. The molecule has 0 spiro atoms. The lowest BCUT2D eigenvalue weighted by Crippen LogP contribution is -2.37. The third kappa shape index (κ3) is 5.62. The van der Waals surface area contributed by atoms with E-state index < -0.39 is 11.7 Å². The molecule has 100 valence electrons. The molecule has 0 saturated heterocycles. The van der Waals surface area contributed by atoms with Crippen LogP contribution in [0.2, 0.25) is 0 Å². The van der Waals surface area contributed by atoms with E-state index in [0.717, 1.165) is 5.69 Å². The summed E-state index contributed by atoms with van der Waals surface area (Å²) in [6, 6.07) is 0. The van der Waals surface area contributed by atoms with Crippen LogP contribution in [-0.4, -0.2) is 29.1 Å². The summed E-state index contributed by atoms with van der Waals surface area (Å²) in [6.07, 6.45) is -0.618. The number of nitrogens with zero attached hydrogens (tertiary/aromatic N) is 1. The van der Waals surface area contributed by atoms with E-state index in [0.29, 0.717) is 5.13 Å². The number of nitrogens with one attached hydrogen (secondary N) is 2. The van der Waals surface area contributed by atoms with Crippen LogP contribution in [0.5, 0.6) is 0 Å². The molecule has 1 heterocycles. The first-order valence-electron chi connectivity index (χ1n) is 5.45. The number of alkyl carbamates (subject to hydrolysis) is 1. The van der Waals surface area contributed by atoms with E-state index in [-0.39, 0.29) is 12.5 Å². The van der Waals surface area contributed by atoms with Gasteiger partial charge in [0, 0.05) is 5.38 Å². The molecule has 18 heavy (non-hydrogen) atoms. The van der Waals surface area contributed by atoms with E-state index in [1.165, 1.54) is 11.3 Å². The van der Waals surface area contributed by atoms with Crippen molar-refractivity contribution in [3.63, 3.8) is 0 Å². The Balaban J connectivity index is 2.31. The maximum atomic E-state index is 11.5. The van der Waals surface area contributed by atoms with E-state index in [1.807, 2.05) is 12.3 Å². The van der Waals surface area contributed by atoms with Gasteiger partial charge < -0.3 is 15.4 Å².